The predicted octanol–water partition coefficient (Wildman–Crippen LogP) is 0.548. The van der Waals surface area contributed by atoms with Crippen molar-refractivity contribution in [3.8, 4) is 0 Å². The number of anilines is 1. The van der Waals surface area contributed by atoms with Gasteiger partial charge in [0, 0.05) is 7.05 Å². The van der Waals surface area contributed by atoms with Crippen molar-refractivity contribution in [3.63, 3.8) is 0 Å². The first kappa shape index (κ1) is 13.7. The zero-order valence-corrected chi connectivity index (χ0v) is 10.1. The van der Waals surface area contributed by atoms with E-state index in [0.717, 1.165) is 0 Å². The maximum atomic E-state index is 11.6. The van der Waals surface area contributed by atoms with Gasteiger partial charge in [0.1, 0.15) is 0 Å². The minimum absolute atomic E-state index is 0.205. The Balaban J connectivity index is 2.92. The van der Waals surface area contributed by atoms with E-state index in [9.17, 15) is 14.4 Å². The molecule has 18 heavy (non-hydrogen) atoms. The van der Waals surface area contributed by atoms with Gasteiger partial charge in [0.05, 0.1) is 17.9 Å². The Morgan fingerprint density at radius 3 is 2.44 bits per heavy atom. The van der Waals surface area contributed by atoms with Crippen molar-refractivity contribution in [2.45, 2.75) is 6.92 Å². The molecule has 0 aliphatic carbocycles. The summed E-state index contributed by atoms with van der Waals surface area (Å²) in [6, 6.07) is 6.31. The molecule has 0 bridgehead atoms. The van der Waals surface area contributed by atoms with Gasteiger partial charge in [-0.2, -0.15) is 0 Å². The van der Waals surface area contributed by atoms with E-state index >= 15 is 0 Å². The summed E-state index contributed by atoms with van der Waals surface area (Å²) < 4.78 is 4.85. The fourth-order valence-electron chi connectivity index (χ4n) is 1.27. The largest absolute Gasteiger partial charge is 0.462 e. The summed E-state index contributed by atoms with van der Waals surface area (Å²) in [6.45, 7) is 1.92. The van der Waals surface area contributed by atoms with Gasteiger partial charge in [-0.25, -0.2) is 4.79 Å². The van der Waals surface area contributed by atoms with E-state index in [-0.39, 0.29) is 17.9 Å². The Labute approximate surface area is 104 Å². The Bertz CT molecular complexity index is 471. The summed E-state index contributed by atoms with van der Waals surface area (Å²) in [5.41, 5.74) is 0.446. The molecule has 6 nitrogen and oxygen atoms in total. The third-order valence-corrected chi connectivity index (χ3v) is 2.10. The Hall–Kier alpha value is -2.37. The predicted molar refractivity (Wildman–Crippen MR) is 65.1 cm³/mol. The van der Waals surface area contributed by atoms with E-state index in [1.807, 2.05) is 0 Å². The molecule has 2 N–H and O–H groups in total. The van der Waals surface area contributed by atoms with Gasteiger partial charge in [-0.05, 0) is 19.1 Å². The Morgan fingerprint density at radius 1 is 1.17 bits per heavy atom. The van der Waals surface area contributed by atoms with Crippen molar-refractivity contribution in [1.82, 2.24) is 5.32 Å². The number of esters is 1. The summed E-state index contributed by atoms with van der Waals surface area (Å²) in [5, 5.41) is 4.54. The maximum absolute atomic E-state index is 11.6. The normalized spacial score (nSPS) is 9.44. The minimum Gasteiger partial charge on any atom is -0.462 e. The number of para-hydroxylation sites is 1. The van der Waals surface area contributed by atoms with Crippen LogP contribution in [0.1, 0.15) is 17.3 Å². The van der Waals surface area contributed by atoms with Gasteiger partial charge in [-0.15, -0.1) is 0 Å². The molecule has 0 fully saturated rings. The molecule has 6 heteroatoms. The van der Waals surface area contributed by atoms with E-state index in [1.165, 1.54) is 19.2 Å². The van der Waals surface area contributed by atoms with Crippen molar-refractivity contribution < 1.29 is 19.1 Å². The molecule has 0 unspecified atom stereocenters. The van der Waals surface area contributed by atoms with Crippen molar-refractivity contribution in [3.05, 3.63) is 29.8 Å². The summed E-state index contributed by atoms with van der Waals surface area (Å²) in [7, 11) is 1.35. The molecule has 1 aromatic rings. The minimum atomic E-state index is -0.839. The van der Waals surface area contributed by atoms with Crippen molar-refractivity contribution in [2.24, 2.45) is 0 Å². The smallest absolute Gasteiger partial charge is 0.340 e. The van der Waals surface area contributed by atoms with E-state index in [1.54, 1.807) is 19.1 Å². The maximum Gasteiger partial charge on any atom is 0.340 e. The summed E-state index contributed by atoms with van der Waals surface area (Å²) in [4.78, 5) is 34.1. The van der Waals surface area contributed by atoms with Gasteiger partial charge in [0.2, 0.25) is 0 Å². The zero-order chi connectivity index (χ0) is 13.5. The van der Waals surface area contributed by atoms with Crippen LogP contribution in [-0.4, -0.2) is 31.4 Å². The second-order valence-electron chi connectivity index (χ2n) is 3.30. The van der Waals surface area contributed by atoms with Crippen LogP contribution in [0.25, 0.3) is 0 Å². The fraction of sp³-hybridized carbons (Fsp3) is 0.250. The monoisotopic (exact) mass is 250 g/mol. The van der Waals surface area contributed by atoms with Crippen LogP contribution in [0.5, 0.6) is 0 Å². The number of hydrogen-bond acceptors (Lipinski definition) is 4. The van der Waals surface area contributed by atoms with Crippen LogP contribution in [-0.2, 0) is 14.3 Å². The van der Waals surface area contributed by atoms with Crippen LogP contribution in [0.15, 0.2) is 24.3 Å². The average molecular weight is 250 g/mol. The summed E-state index contributed by atoms with van der Waals surface area (Å²) in [5.74, 6) is -2.17. The number of amides is 2. The van der Waals surface area contributed by atoms with E-state index in [2.05, 4.69) is 10.6 Å². The molecule has 0 spiro atoms. The van der Waals surface area contributed by atoms with Crippen LogP contribution < -0.4 is 10.6 Å². The number of carbonyl (C=O) groups excluding carboxylic acids is 3. The molecule has 0 saturated heterocycles. The second-order valence-corrected chi connectivity index (χ2v) is 3.30. The van der Waals surface area contributed by atoms with E-state index in [4.69, 9.17) is 4.74 Å². The average Bonchev–Trinajstić information content (AvgIpc) is 2.38. The van der Waals surface area contributed by atoms with Gasteiger partial charge in [0.25, 0.3) is 0 Å². The highest BCUT2D eigenvalue weighted by Gasteiger charge is 2.17. The lowest BCUT2D eigenvalue weighted by atomic mass is 10.2. The third-order valence-electron chi connectivity index (χ3n) is 2.10. The number of benzene rings is 1. The molecule has 1 aromatic carbocycles. The number of ether oxygens (including phenoxy) is 1. The molecule has 0 aliphatic rings. The van der Waals surface area contributed by atoms with Gasteiger partial charge in [-0.1, -0.05) is 12.1 Å². The van der Waals surface area contributed by atoms with Crippen LogP contribution >= 0.6 is 0 Å². The quantitative estimate of drug-likeness (QED) is 0.606. The molecule has 0 radical (unpaired) electrons. The highest BCUT2D eigenvalue weighted by Crippen LogP contribution is 2.16. The molecule has 2 amide bonds. The van der Waals surface area contributed by atoms with E-state index in [0.29, 0.717) is 0 Å². The Morgan fingerprint density at radius 2 is 1.83 bits per heavy atom. The lowest BCUT2D eigenvalue weighted by molar-refractivity contribution is -0.135. The highest BCUT2D eigenvalue weighted by molar-refractivity contribution is 6.39. The zero-order valence-electron chi connectivity index (χ0n) is 10.1. The summed E-state index contributed by atoms with van der Waals surface area (Å²) >= 11 is 0. The molecule has 0 atom stereocenters. The van der Waals surface area contributed by atoms with Crippen molar-refractivity contribution in [2.75, 3.05) is 19.0 Å². The SMILES string of the molecule is CCOC(=O)c1ccccc1NC(=O)C(=O)NC. The lowest BCUT2D eigenvalue weighted by Gasteiger charge is -2.09. The van der Waals surface area contributed by atoms with Crippen LogP contribution in [0, 0.1) is 0 Å². The molecule has 0 heterocycles. The van der Waals surface area contributed by atoms with Gasteiger partial charge >= 0.3 is 17.8 Å². The topological polar surface area (TPSA) is 84.5 Å². The highest BCUT2D eigenvalue weighted by atomic mass is 16.5. The molecular weight excluding hydrogens is 236 g/mol. The van der Waals surface area contributed by atoms with Gasteiger partial charge in [0.15, 0.2) is 0 Å². The molecule has 0 saturated carbocycles. The molecule has 0 aliphatic heterocycles. The van der Waals surface area contributed by atoms with Crippen LogP contribution in [0.3, 0.4) is 0 Å². The third kappa shape index (κ3) is 3.31. The van der Waals surface area contributed by atoms with E-state index < -0.39 is 17.8 Å². The Kier molecular flexibility index (Phi) is 4.86. The molecule has 1 rings (SSSR count). The number of carbonyl (C=O) groups is 3. The molecule has 0 aromatic heterocycles. The standard InChI is InChI=1S/C12H14N2O4/c1-3-18-12(17)8-6-4-5-7-9(8)14-11(16)10(15)13-2/h4-7H,3H2,1-2H3,(H,13,15)(H,14,16). The molecular formula is C12H14N2O4. The fourth-order valence-corrected chi connectivity index (χ4v) is 1.27. The van der Waals surface area contributed by atoms with Crippen LogP contribution in [0.2, 0.25) is 0 Å². The lowest BCUT2D eigenvalue weighted by Crippen LogP contribution is -2.33. The number of hydrogen-bond donors (Lipinski definition) is 2. The van der Waals surface area contributed by atoms with Crippen molar-refractivity contribution >= 4 is 23.5 Å². The number of likely N-dealkylation sites (N-methyl/N-ethyl adjacent to an activating group) is 1. The first-order chi connectivity index (χ1) is 8.60. The van der Waals surface area contributed by atoms with Crippen LogP contribution in [0.4, 0.5) is 5.69 Å². The second kappa shape index (κ2) is 6.39. The van der Waals surface area contributed by atoms with Gasteiger partial charge in [-0.3, -0.25) is 9.59 Å². The number of rotatable bonds is 3. The first-order valence-corrected chi connectivity index (χ1v) is 5.39. The first-order valence-electron chi connectivity index (χ1n) is 5.39. The summed E-state index contributed by atoms with van der Waals surface area (Å²) in [6.07, 6.45) is 0. The molecule has 96 valence electrons. The van der Waals surface area contributed by atoms with Crippen molar-refractivity contribution in [1.29, 1.82) is 0 Å². The van der Waals surface area contributed by atoms with Gasteiger partial charge < -0.3 is 15.4 Å². The number of nitrogens with one attached hydrogen (secondary N) is 2.